The molecule has 0 unspecified atom stereocenters. The van der Waals surface area contributed by atoms with E-state index >= 15 is 0 Å². The average Bonchev–Trinajstić information content (AvgIpc) is 2.45. The molecule has 0 N–H and O–H groups in total. The van der Waals surface area contributed by atoms with Gasteiger partial charge in [0.1, 0.15) is 6.54 Å². The van der Waals surface area contributed by atoms with Crippen molar-refractivity contribution in [1.82, 2.24) is 0 Å². The minimum Gasteiger partial charge on any atom is -0.378 e. The van der Waals surface area contributed by atoms with Crippen LogP contribution in [0.25, 0.3) is 0 Å². The largest absolute Gasteiger partial charge is 0.378 e. The lowest BCUT2D eigenvalue weighted by Gasteiger charge is -2.11. The molecule has 1 aromatic heterocycles. The summed E-state index contributed by atoms with van der Waals surface area (Å²) in [6, 6.07) is 14.4. The van der Waals surface area contributed by atoms with Crippen molar-refractivity contribution in [3.05, 3.63) is 54.4 Å². The molecule has 0 aliphatic rings. The van der Waals surface area contributed by atoms with Gasteiger partial charge in [-0.3, -0.25) is 0 Å². The fourth-order valence-corrected chi connectivity index (χ4v) is 1.87. The Kier molecular flexibility index (Phi) is 4.29. The summed E-state index contributed by atoms with van der Waals surface area (Å²) in [5, 5.41) is 0. The van der Waals surface area contributed by atoms with Gasteiger partial charge in [-0.2, -0.15) is 4.57 Å². The number of pyridine rings is 1. The van der Waals surface area contributed by atoms with Crippen LogP contribution in [0, 0.1) is 0 Å². The highest BCUT2D eigenvalue weighted by Crippen LogP contribution is 2.17. The van der Waals surface area contributed by atoms with Gasteiger partial charge in [-0.15, -0.1) is 0 Å². The Bertz CT molecular complexity index is 556. The average molecular weight is 254 g/mol. The van der Waals surface area contributed by atoms with Crippen LogP contribution < -0.4 is 9.47 Å². The van der Waals surface area contributed by atoms with E-state index in [2.05, 4.69) is 45.8 Å². The van der Waals surface area contributed by atoms with Crippen LogP contribution in [0.3, 0.4) is 0 Å². The van der Waals surface area contributed by atoms with Crippen molar-refractivity contribution < 1.29 is 4.57 Å². The number of benzene rings is 1. The van der Waals surface area contributed by atoms with Crippen LogP contribution in [0.5, 0.6) is 0 Å². The zero-order valence-corrected chi connectivity index (χ0v) is 11.7. The highest BCUT2D eigenvalue weighted by atomic mass is 15.1. The van der Waals surface area contributed by atoms with E-state index in [1.54, 1.807) is 0 Å². The van der Waals surface area contributed by atoms with Crippen LogP contribution in [0.15, 0.2) is 53.7 Å². The van der Waals surface area contributed by atoms with Gasteiger partial charge in [-0.05, 0) is 37.3 Å². The zero-order chi connectivity index (χ0) is 13.7. The van der Waals surface area contributed by atoms with Gasteiger partial charge in [-0.25, -0.2) is 4.99 Å². The van der Waals surface area contributed by atoms with E-state index in [0.29, 0.717) is 0 Å². The standard InChI is InChI=1S/C16H20N3/c1-4-19-12-6-5-7-16(19)13-17-14-8-10-15(11-9-14)18(2)3/h5-13H,4H2,1-3H3/q+1. The maximum Gasteiger partial charge on any atom is 0.223 e. The summed E-state index contributed by atoms with van der Waals surface area (Å²) in [5.74, 6) is 0. The second-order valence-corrected chi connectivity index (χ2v) is 4.58. The lowest BCUT2D eigenvalue weighted by molar-refractivity contribution is -0.694. The third-order valence-electron chi connectivity index (χ3n) is 3.03. The fraction of sp³-hybridized carbons (Fsp3) is 0.250. The number of rotatable bonds is 4. The van der Waals surface area contributed by atoms with Gasteiger partial charge < -0.3 is 4.90 Å². The molecule has 2 aromatic rings. The van der Waals surface area contributed by atoms with Gasteiger partial charge in [0.05, 0.1) is 11.9 Å². The van der Waals surface area contributed by atoms with Crippen LogP contribution in [0.2, 0.25) is 0 Å². The summed E-state index contributed by atoms with van der Waals surface area (Å²) in [7, 11) is 4.07. The van der Waals surface area contributed by atoms with Crippen molar-refractivity contribution in [3.63, 3.8) is 0 Å². The number of hydrogen-bond acceptors (Lipinski definition) is 2. The number of hydrogen-bond donors (Lipinski definition) is 0. The van der Waals surface area contributed by atoms with Crippen LogP contribution in [0.1, 0.15) is 12.6 Å². The smallest absolute Gasteiger partial charge is 0.223 e. The van der Waals surface area contributed by atoms with Crippen LogP contribution in [-0.4, -0.2) is 20.3 Å². The van der Waals surface area contributed by atoms with Crippen LogP contribution in [0.4, 0.5) is 11.4 Å². The van der Waals surface area contributed by atoms with Gasteiger partial charge in [0.25, 0.3) is 0 Å². The lowest BCUT2D eigenvalue weighted by atomic mass is 10.2. The van der Waals surface area contributed by atoms with E-state index < -0.39 is 0 Å². The van der Waals surface area contributed by atoms with Crippen molar-refractivity contribution >= 4 is 17.6 Å². The molecule has 98 valence electrons. The first-order valence-corrected chi connectivity index (χ1v) is 6.50. The number of aryl methyl sites for hydroxylation is 1. The Morgan fingerprint density at radius 1 is 1.11 bits per heavy atom. The Balaban J connectivity index is 2.18. The third-order valence-corrected chi connectivity index (χ3v) is 3.03. The van der Waals surface area contributed by atoms with Crippen molar-refractivity contribution in [1.29, 1.82) is 0 Å². The molecule has 0 aliphatic carbocycles. The van der Waals surface area contributed by atoms with Gasteiger partial charge >= 0.3 is 0 Å². The highest BCUT2D eigenvalue weighted by Gasteiger charge is 2.03. The second kappa shape index (κ2) is 6.14. The molecule has 2 rings (SSSR count). The maximum atomic E-state index is 4.52. The molecule has 19 heavy (non-hydrogen) atoms. The first kappa shape index (κ1) is 13.3. The molecule has 0 atom stereocenters. The lowest BCUT2D eigenvalue weighted by Crippen LogP contribution is -2.36. The molecule has 1 aromatic carbocycles. The summed E-state index contributed by atoms with van der Waals surface area (Å²) < 4.78 is 2.16. The number of aliphatic imine (C=N–C) groups is 1. The van der Waals surface area contributed by atoms with Crippen molar-refractivity contribution in [2.24, 2.45) is 4.99 Å². The van der Waals surface area contributed by atoms with E-state index in [1.165, 1.54) is 5.69 Å². The molecule has 0 saturated heterocycles. The topological polar surface area (TPSA) is 19.5 Å². The molecule has 0 saturated carbocycles. The second-order valence-electron chi connectivity index (χ2n) is 4.58. The predicted octanol–water partition coefficient (Wildman–Crippen LogP) is 2.81. The first-order chi connectivity index (χ1) is 9.20. The molecule has 0 radical (unpaired) electrons. The van der Waals surface area contributed by atoms with E-state index in [4.69, 9.17) is 0 Å². The summed E-state index contributed by atoms with van der Waals surface area (Å²) in [6.45, 7) is 3.07. The molecule has 3 heteroatoms. The summed E-state index contributed by atoms with van der Waals surface area (Å²) in [5.41, 5.74) is 3.26. The van der Waals surface area contributed by atoms with E-state index in [1.807, 2.05) is 44.6 Å². The summed E-state index contributed by atoms with van der Waals surface area (Å²) in [4.78, 5) is 6.60. The highest BCUT2D eigenvalue weighted by molar-refractivity contribution is 5.78. The van der Waals surface area contributed by atoms with Crippen molar-refractivity contribution in [2.75, 3.05) is 19.0 Å². The zero-order valence-electron chi connectivity index (χ0n) is 11.7. The molecule has 0 fully saturated rings. The van der Waals surface area contributed by atoms with Gasteiger partial charge in [0.2, 0.25) is 5.69 Å². The minimum atomic E-state index is 0.946. The molecule has 0 aliphatic heterocycles. The minimum absolute atomic E-state index is 0.946. The molecule has 0 spiro atoms. The SMILES string of the molecule is CC[n+]1ccccc1C=Nc1ccc(N(C)C)cc1. The van der Waals surface area contributed by atoms with Gasteiger partial charge in [0, 0.05) is 31.9 Å². The van der Waals surface area contributed by atoms with Gasteiger partial charge in [0.15, 0.2) is 6.20 Å². The monoisotopic (exact) mass is 254 g/mol. The number of aromatic nitrogens is 1. The quantitative estimate of drug-likeness (QED) is 0.606. The van der Waals surface area contributed by atoms with Crippen LogP contribution >= 0.6 is 0 Å². The third kappa shape index (κ3) is 3.41. The number of nitrogens with zero attached hydrogens (tertiary/aromatic N) is 3. The Morgan fingerprint density at radius 3 is 2.47 bits per heavy atom. The molecular weight excluding hydrogens is 234 g/mol. The summed E-state index contributed by atoms with van der Waals surface area (Å²) >= 11 is 0. The molecule has 0 amide bonds. The normalized spacial score (nSPS) is 10.9. The summed E-state index contributed by atoms with van der Waals surface area (Å²) in [6.07, 6.45) is 3.98. The van der Waals surface area contributed by atoms with E-state index in [-0.39, 0.29) is 0 Å². The van der Waals surface area contributed by atoms with E-state index in [0.717, 1.165) is 17.9 Å². The Morgan fingerprint density at radius 2 is 1.84 bits per heavy atom. The Labute approximate surface area is 114 Å². The van der Waals surface area contributed by atoms with Gasteiger partial charge in [-0.1, -0.05) is 0 Å². The van der Waals surface area contributed by atoms with E-state index in [9.17, 15) is 0 Å². The number of anilines is 1. The predicted molar refractivity (Wildman–Crippen MR) is 80.3 cm³/mol. The Hall–Kier alpha value is -2.16. The molecular formula is C16H20N3+. The fourth-order valence-electron chi connectivity index (χ4n) is 1.87. The molecule has 3 nitrogen and oxygen atoms in total. The maximum absolute atomic E-state index is 4.52. The van der Waals surface area contributed by atoms with Crippen molar-refractivity contribution in [3.8, 4) is 0 Å². The van der Waals surface area contributed by atoms with Crippen LogP contribution in [-0.2, 0) is 6.54 Å². The van der Waals surface area contributed by atoms with Crippen molar-refractivity contribution in [2.45, 2.75) is 13.5 Å². The molecule has 1 heterocycles. The first-order valence-electron chi connectivity index (χ1n) is 6.50. The molecule has 0 bridgehead atoms.